The van der Waals surface area contributed by atoms with Crippen molar-refractivity contribution >= 4 is 0 Å². The van der Waals surface area contributed by atoms with Crippen LogP contribution in [0.15, 0.2) is 0 Å². The SMILES string of the molecule is CC1CCC(C(CC(F)(F)F)NN)CC1. The highest BCUT2D eigenvalue weighted by molar-refractivity contribution is 4.81. The maximum absolute atomic E-state index is 12.2. The van der Waals surface area contributed by atoms with Crippen LogP contribution < -0.4 is 11.3 Å². The van der Waals surface area contributed by atoms with Gasteiger partial charge in [0, 0.05) is 6.04 Å². The lowest BCUT2D eigenvalue weighted by Crippen LogP contribution is -2.44. The number of hydrogen-bond donors (Lipinski definition) is 2. The Kier molecular flexibility index (Phi) is 4.40. The van der Waals surface area contributed by atoms with Crippen LogP contribution in [0, 0.1) is 11.8 Å². The molecule has 15 heavy (non-hydrogen) atoms. The van der Waals surface area contributed by atoms with Gasteiger partial charge < -0.3 is 0 Å². The molecule has 3 N–H and O–H groups in total. The molecule has 0 aromatic carbocycles. The Balaban J connectivity index is 2.44. The van der Waals surface area contributed by atoms with E-state index in [0.29, 0.717) is 5.92 Å². The molecule has 0 spiro atoms. The summed E-state index contributed by atoms with van der Waals surface area (Å²) >= 11 is 0. The number of hydrazine groups is 1. The molecular formula is C10H19F3N2. The molecule has 1 fully saturated rings. The summed E-state index contributed by atoms with van der Waals surface area (Å²) in [4.78, 5) is 0. The number of hydrogen-bond acceptors (Lipinski definition) is 2. The van der Waals surface area contributed by atoms with Crippen LogP contribution in [0.3, 0.4) is 0 Å². The van der Waals surface area contributed by atoms with Crippen molar-refractivity contribution in [3.63, 3.8) is 0 Å². The monoisotopic (exact) mass is 224 g/mol. The summed E-state index contributed by atoms with van der Waals surface area (Å²) < 4.78 is 36.7. The van der Waals surface area contributed by atoms with E-state index in [-0.39, 0.29) is 5.92 Å². The van der Waals surface area contributed by atoms with E-state index in [1.807, 2.05) is 0 Å². The second kappa shape index (κ2) is 5.16. The Labute approximate surface area is 88.4 Å². The molecule has 0 amide bonds. The first-order chi connectivity index (χ1) is 6.92. The fourth-order valence-electron chi connectivity index (χ4n) is 2.30. The first kappa shape index (κ1) is 12.8. The molecule has 90 valence electrons. The maximum Gasteiger partial charge on any atom is 0.390 e. The van der Waals surface area contributed by atoms with Crippen LogP contribution >= 0.6 is 0 Å². The van der Waals surface area contributed by atoms with Crippen molar-refractivity contribution in [2.24, 2.45) is 17.7 Å². The molecule has 1 atom stereocenters. The maximum atomic E-state index is 12.2. The van der Waals surface area contributed by atoms with Crippen molar-refractivity contribution in [2.75, 3.05) is 0 Å². The molecule has 1 saturated carbocycles. The summed E-state index contributed by atoms with van der Waals surface area (Å²) in [6.07, 6.45) is -1.21. The number of nitrogens with one attached hydrogen (secondary N) is 1. The molecule has 2 nitrogen and oxygen atoms in total. The third-order valence-corrected chi connectivity index (χ3v) is 3.29. The predicted molar refractivity (Wildman–Crippen MR) is 52.9 cm³/mol. The van der Waals surface area contributed by atoms with Gasteiger partial charge in [-0.1, -0.05) is 19.8 Å². The zero-order chi connectivity index (χ0) is 11.5. The largest absolute Gasteiger partial charge is 0.390 e. The fraction of sp³-hybridized carbons (Fsp3) is 1.00. The predicted octanol–water partition coefficient (Wildman–Crippen LogP) is 2.60. The molecule has 1 unspecified atom stereocenters. The molecule has 0 saturated heterocycles. The van der Waals surface area contributed by atoms with Crippen molar-refractivity contribution in [3.05, 3.63) is 0 Å². The van der Waals surface area contributed by atoms with Crippen LogP contribution in [0.2, 0.25) is 0 Å². The molecule has 0 aliphatic heterocycles. The van der Waals surface area contributed by atoms with Gasteiger partial charge >= 0.3 is 6.18 Å². The summed E-state index contributed by atoms with van der Waals surface area (Å²) in [5.41, 5.74) is 2.32. The number of nitrogens with two attached hydrogens (primary N) is 1. The average molecular weight is 224 g/mol. The molecule has 1 rings (SSSR count). The van der Waals surface area contributed by atoms with Crippen LogP contribution in [0.5, 0.6) is 0 Å². The molecule has 0 aromatic heterocycles. The highest BCUT2D eigenvalue weighted by Gasteiger charge is 2.36. The van der Waals surface area contributed by atoms with Crippen molar-refractivity contribution in [3.8, 4) is 0 Å². The van der Waals surface area contributed by atoms with E-state index in [1.54, 1.807) is 0 Å². The molecule has 1 aliphatic carbocycles. The molecule has 0 heterocycles. The number of alkyl halides is 3. The van der Waals surface area contributed by atoms with Crippen molar-refractivity contribution < 1.29 is 13.2 Å². The highest BCUT2D eigenvalue weighted by atomic mass is 19.4. The summed E-state index contributed by atoms with van der Waals surface area (Å²) in [7, 11) is 0. The molecule has 1 aliphatic rings. The van der Waals surface area contributed by atoms with Gasteiger partial charge in [0.15, 0.2) is 0 Å². The quantitative estimate of drug-likeness (QED) is 0.571. The van der Waals surface area contributed by atoms with E-state index in [9.17, 15) is 13.2 Å². The molecule has 0 radical (unpaired) electrons. The fourth-order valence-corrected chi connectivity index (χ4v) is 2.30. The van der Waals surface area contributed by atoms with E-state index < -0.39 is 18.6 Å². The third kappa shape index (κ3) is 4.38. The molecule has 5 heteroatoms. The van der Waals surface area contributed by atoms with E-state index in [2.05, 4.69) is 12.3 Å². The number of rotatable bonds is 3. The standard InChI is InChI=1S/C10H19F3N2/c1-7-2-4-8(5-3-7)9(15-14)6-10(11,12)13/h7-9,15H,2-6,14H2,1H3. The van der Waals surface area contributed by atoms with Gasteiger partial charge in [-0.25, -0.2) is 0 Å². The summed E-state index contributed by atoms with van der Waals surface area (Å²) in [5, 5.41) is 0. The second-order valence-corrected chi connectivity index (χ2v) is 4.61. The Morgan fingerprint density at radius 2 is 1.80 bits per heavy atom. The normalized spacial score (nSPS) is 30.2. The molecular weight excluding hydrogens is 205 g/mol. The minimum absolute atomic E-state index is 0.0767. The van der Waals surface area contributed by atoms with Gasteiger partial charge in [-0.05, 0) is 24.7 Å². The minimum Gasteiger partial charge on any atom is -0.271 e. The Bertz CT molecular complexity index is 186. The molecule has 0 aromatic rings. The Morgan fingerprint density at radius 1 is 1.27 bits per heavy atom. The van der Waals surface area contributed by atoms with Gasteiger partial charge in [0.1, 0.15) is 0 Å². The summed E-state index contributed by atoms with van der Waals surface area (Å²) in [6, 6.07) is -0.613. The smallest absolute Gasteiger partial charge is 0.271 e. The van der Waals surface area contributed by atoms with Crippen LogP contribution in [-0.2, 0) is 0 Å². The topological polar surface area (TPSA) is 38.0 Å². The number of halogens is 3. The Hall–Kier alpha value is -0.290. The van der Waals surface area contributed by atoms with Crippen molar-refractivity contribution in [2.45, 2.75) is 51.2 Å². The van der Waals surface area contributed by atoms with Gasteiger partial charge in [0.25, 0.3) is 0 Å². The Morgan fingerprint density at radius 3 is 2.20 bits per heavy atom. The molecule has 0 bridgehead atoms. The zero-order valence-corrected chi connectivity index (χ0v) is 8.98. The average Bonchev–Trinajstić information content (AvgIpc) is 2.14. The van der Waals surface area contributed by atoms with Crippen LogP contribution in [-0.4, -0.2) is 12.2 Å². The lowest BCUT2D eigenvalue weighted by Gasteiger charge is -2.32. The third-order valence-electron chi connectivity index (χ3n) is 3.29. The van der Waals surface area contributed by atoms with Gasteiger partial charge in [-0.15, -0.1) is 0 Å². The van der Waals surface area contributed by atoms with Gasteiger partial charge in [0.05, 0.1) is 6.42 Å². The van der Waals surface area contributed by atoms with Crippen LogP contribution in [0.25, 0.3) is 0 Å². The van der Waals surface area contributed by atoms with E-state index in [0.717, 1.165) is 25.7 Å². The van der Waals surface area contributed by atoms with E-state index in [1.165, 1.54) is 0 Å². The van der Waals surface area contributed by atoms with Crippen molar-refractivity contribution in [1.29, 1.82) is 0 Å². The lowest BCUT2D eigenvalue weighted by molar-refractivity contribution is -0.144. The lowest BCUT2D eigenvalue weighted by atomic mass is 9.78. The zero-order valence-electron chi connectivity index (χ0n) is 8.98. The van der Waals surface area contributed by atoms with E-state index >= 15 is 0 Å². The first-order valence-corrected chi connectivity index (χ1v) is 5.45. The van der Waals surface area contributed by atoms with E-state index in [4.69, 9.17) is 5.84 Å². The highest BCUT2D eigenvalue weighted by Crippen LogP contribution is 2.34. The van der Waals surface area contributed by atoms with Gasteiger partial charge in [0.2, 0.25) is 0 Å². The minimum atomic E-state index is -4.12. The van der Waals surface area contributed by atoms with Crippen LogP contribution in [0.1, 0.15) is 39.0 Å². The first-order valence-electron chi connectivity index (χ1n) is 5.45. The second-order valence-electron chi connectivity index (χ2n) is 4.61. The summed E-state index contributed by atoms with van der Waals surface area (Å²) in [5.74, 6) is 5.92. The summed E-state index contributed by atoms with van der Waals surface area (Å²) in [6.45, 7) is 2.14. The van der Waals surface area contributed by atoms with Gasteiger partial charge in [-0.3, -0.25) is 11.3 Å². The van der Waals surface area contributed by atoms with Crippen LogP contribution in [0.4, 0.5) is 13.2 Å². The van der Waals surface area contributed by atoms with Crippen molar-refractivity contribution in [1.82, 2.24) is 5.43 Å². The van der Waals surface area contributed by atoms with Gasteiger partial charge in [-0.2, -0.15) is 13.2 Å².